The van der Waals surface area contributed by atoms with Gasteiger partial charge in [0.05, 0.1) is 23.6 Å². The number of esters is 1. The molecule has 0 saturated heterocycles. The van der Waals surface area contributed by atoms with Gasteiger partial charge in [0.2, 0.25) is 0 Å². The van der Waals surface area contributed by atoms with Gasteiger partial charge in [-0.05, 0) is 18.2 Å². The lowest BCUT2D eigenvalue weighted by atomic mass is 10.1. The first kappa shape index (κ1) is 15.8. The van der Waals surface area contributed by atoms with Crippen LogP contribution in [-0.2, 0) is 9.53 Å². The van der Waals surface area contributed by atoms with Gasteiger partial charge >= 0.3 is 5.97 Å². The zero-order valence-electron chi connectivity index (χ0n) is 10.9. The predicted molar refractivity (Wildman–Crippen MR) is 74.6 cm³/mol. The molecule has 0 aromatic heterocycles. The van der Waals surface area contributed by atoms with E-state index in [0.29, 0.717) is 10.6 Å². The average molecular weight is 304 g/mol. The number of benzene rings is 1. The average Bonchev–Trinajstić information content (AvgIpc) is 2.36. The second-order valence-corrected chi connectivity index (χ2v) is 5.08. The molecule has 1 rings (SSSR count). The maximum Gasteiger partial charge on any atom is 0.310 e. The molecule has 0 radical (unpaired) electrons. The van der Waals surface area contributed by atoms with Crippen LogP contribution in [0.1, 0.15) is 17.3 Å². The van der Waals surface area contributed by atoms with Gasteiger partial charge in [-0.3, -0.25) is 9.59 Å². The summed E-state index contributed by atoms with van der Waals surface area (Å²) in [6, 6.07) is 4.67. The summed E-state index contributed by atoms with van der Waals surface area (Å²) in [7, 11) is 2.92. The van der Waals surface area contributed by atoms with Crippen LogP contribution in [0.15, 0.2) is 18.2 Å². The Hall–Kier alpha value is -1.26. The smallest absolute Gasteiger partial charge is 0.310 e. The first-order chi connectivity index (χ1) is 8.86. The molecule has 0 aliphatic carbocycles. The first-order valence-corrected chi connectivity index (χ1v) is 6.40. The van der Waals surface area contributed by atoms with Crippen LogP contribution in [0.3, 0.4) is 0 Å². The largest absolute Gasteiger partial charge is 0.469 e. The highest BCUT2D eigenvalue weighted by molar-refractivity contribution is 6.36. The maximum absolute atomic E-state index is 12.2. The fraction of sp³-hybridized carbons (Fsp3) is 0.385. The van der Waals surface area contributed by atoms with Crippen molar-refractivity contribution in [3.05, 3.63) is 33.8 Å². The highest BCUT2D eigenvalue weighted by atomic mass is 35.5. The molecule has 1 atom stereocenters. The third kappa shape index (κ3) is 4.11. The van der Waals surface area contributed by atoms with Gasteiger partial charge in [0.25, 0.3) is 5.91 Å². The predicted octanol–water partition coefficient (Wildman–Crippen LogP) is 2.87. The van der Waals surface area contributed by atoms with E-state index in [9.17, 15) is 9.59 Å². The minimum Gasteiger partial charge on any atom is -0.469 e. The molecule has 0 saturated carbocycles. The molecule has 104 valence electrons. The number of carbonyl (C=O) groups excluding carboxylic acids is 2. The third-order valence-electron chi connectivity index (χ3n) is 2.66. The number of rotatable bonds is 4. The van der Waals surface area contributed by atoms with Gasteiger partial charge in [-0.15, -0.1) is 0 Å². The van der Waals surface area contributed by atoms with Crippen molar-refractivity contribution in [3.8, 4) is 0 Å². The van der Waals surface area contributed by atoms with Crippen LogP contribution in [-0.4, -0.2) is 37.5 Å². The second kappa shape index (κ2) is 6.78. The Bertz CT molecular complexity index is 491. The Labute approximate surface area is 122 Å². The highest BCUT2D eigenvalue weighted by Gasteiger charge is 2.21. The number of hydrogen-bond acceptors (Lipinski definition) is 3. The van der Waals surface area contributed by atoms with Gasteiger partial charge in [0.1, 0.15) is 0 Å². The molecule has 0 aliphatic rings. The number of carbonyl (C=O) groups is 2. The lowest BCUT2D eigenvalue weighted by Gasteiger charge is -2.20. The van der Waals surface area contributed by atoms with Gasteiger partial charge in [0.15, 0.2) is 0 Å². The Morgan fingerprint density at radius 2 is 2.00 bits per heavy atom. The van der Waals surface area contributed by atoms with E-state index in [-0.39, 0.29) is 23.4 Å². The van der Waals surface area contributed by atoms with Crippen molar-refractivity contribution >= 4 is 35.1 Å². The molecule has 0 heterocycles. The van der Waals surface area contributed by atoms with Crippen LogP contribution in [0.5, 0.6) is 0 Å². The SMILES string of the molecule is COC(=O)C(C)CN(C)C(=O)c1ccc(Cl)cc1Cl. The number of hydrogen-bond donors (Lipinski definition) is 0. The summed E-state index contributed by atoms with van der Waals surface area (Å²) in [6.07, 6.45) is 0. The molecule has 6 heteroatoms. The van der Waals surface area contributed by atoms with E-state index in [4.69, 9.17) is 23.2 Å². The molecule has 19 heavy (non-hydrogen) atoms. The first-order valence-electron chi connectivity index (χ1n) is 5.65. The normalized spacial score (nSPS) is 11.8. The van der Waals surface area contributed by atoms with Crippen LogP contribution in [0, 0.1) is 5.92 Å². The molecule has 0 fully saturated rings. The Morgan fingerprint density at radius 3 is 2.53 bits per heavy atom. The monoisotopic (exact) mass is 303 g/mol. The minimum absolute atomic E-state index is 0.254. The van der Waals surface area contributed by atoms with E-state index in [0.717, 1.165) is 0 Å². The van der Waals surface area contributed by atoms with Crippen molar-refractivity contribution in [1.29, 1.82) is 0 Å². The summed E-state index contributed by atoms with van der Waals surface area (Å²) in [5.41, 5.74) is 0.352. The highest BCUT2D eigenvalue weighted by Crippen LogP contribution is 2.22. The van der Waals surface area contributed by atoms with Crippen LogP contribution in [0.25, 0.3) is 0 Å². The van der Waals surface area contributed by atoms with Crippen LogP contribution < -0.4 is 0 Å². The molecule has 0 aliphatic heterocycles. The van der Waals surface area contributed by atoms with Crippen molar-refractivity contribution in [3.63, 3.8) is 0 Å². The number of amides is 1. The summed E-state index contributed by atoms with van der Waals surface area (Å²) >= 11 is 11.7. The molecular formula is C13H15Cl2NO3. The summed E-state index contributed by atoms with van der Waals surface area (Å²) in [5.74, 6) is -1.02. The van der Waals surface area contributed by atoms with Gasteiger partial charge in [0, 0.05) is 18.6 Å². The van der Waals surface area contributed by atoms with Crippen molar-refractivity contribution < 1.29 is 14.3 Å². The maximum atomic E-state index is 12.2. The molecule has 0 bridgehead atoms. The quantitative estimate of drug-likeness (QED) is 0.804. The van der Waals surface area contributed by atoms with Crippen LogP contribution >= 0.6 is 23.2 Å². The third-order valence-corrected chi connectivity index (χ3v) is 3.21. The molecule has 0 spiro atoms. The minimum atomic E-state index is -0.398. The van der Waals surface area contributed by atoms with Gasteiger partial charge in [-0.1, -0.05) is 30.1 Å². The number of nitrogens with zero attached hydrogens (tertiary/aromatic N) is 1. The van der Waals surface area contributed by atoms with E-state index >= 15 is 0 Å². The van der Waals surface area contributed by atoms with Crippen molar-refractivity contribution in [2.45, 2.75) is 6.92 Å². The van der Waals surface area contributed by atoms with Gasteiger partial charge < -0.3 is 9.64 Å². The van der Waals surface area contributed by atoms with E-state index in [1.54, 1.807) is 26.1 Å². The fourth-order valence-corrected chi connectivity index (χ4v) is 2.13. The zero-order chi connectivity index (χ0) is 14.6. The topological polar surface area (TPSA) is 46.6 Å². The summed E-state index contributed by atoms with van der Waals surface area (Å²) in [5, 5.41) is 0.752. The Kier molecular flexibility index (Phi) is 5.63. The molecule has 4 nitrogen and oxygen atoms in total. The van der Waals surface area contributed by atoms with Crippen molar-refractivity contribution in [2.75, 3.05) is 20.7 Å². The standard InChI is InChI=1S/C13H15Cl2NO3/c1-8(13(18)19-3)7-16(2)12(17)10-5-4-9(14)6-11(10)15/h4-6,8H,7H2,1-3H3. The molecule has 1 unspecified atom stereocenters. The lowest BCUT2D eigenvalue weighted by molar-refractivity contribution is -0.145. The van der Waals surface area contributed by atoms with E-state index in [1.165, 1.54) is 18.1 Å². The molecule has 0 N–H and O–H groups in total. The molecule has 1 aromatic rings. The van der Waals surface area contributed by atoms with E-state index < -0.39 is 5.92 Å². The van der Waals surface area contributed by atoms with E-state index in [2.05, 4.69) is 4.74 Å². The Balaban J connectivity index is 2.79. The number of methoxy groups -OCH3 is 1. The van der Waals surface area contributed by atoms with Crippen molar-refractivity contribution in [2.24, 2.45) is 5.92 Å². The van der Waals surface area contributed by atoms with Crippen LogP contribution in [0.4, 0.5) is 0 Å². The fourth-order valence-electron chi connectivity index (χ4n) is 1.64. The zero-order valence-corrected chi connectivity index (χ0v) is 12.5. The summed E-state index contributed by atoms with van der Waals surface area (Å²) in [4.78, 5) is 24.9. The summed E-state index contributed by atoms with van der Waals surface area (Å²) < 4.78 is 4.62. The van der Waals surface area contributed by atoms with Crippen LogP contribution in [0.2, 0.25) is 10.0 Å². The number of ether oxygens (including phenoxy) is 1. The van der Waals surface area contributed by atoms with Gasteiger partial charge in [-0.2, -0.15) is 0 Å². The van der Waals surface area contributed by atoms with E-state index in [1.807, 2.05) is 0 Å². The molecule has 1 amide bonds. The summed E-state index contributed by atoms with van der Waals surface area (Å²) in [6.45, 7) is 1.95. The molecule has 1 aromatic carbocycles. The lowest BCUT2D eigenvalue weighted by Crippen LogP contribution is -2.34. The van der Waals surface area contributed by atoms with Crippen molar-refractivity contribution in [1.82, 2.24) is 4.90 Å². The molecular weight excluding hydrogens is 289 g/mol. The van der Waals surface area contributed by atoms with Gasteiger partial charge in [-0.25, -0.2) is 0 Å². The second-order valence-electron chi connectivity index (χ2n) is 4.23. The Morgan fingerprint density at radius 1 is 1.37 bits per heavy atom. The number of halogens is 2.